The first kappa shape index (κ1) is 16.2. The van der Waals surface area contributed by atoms with Gasteiger partial charge in [0.1, 0.15) is 29.2 Å². The van der Waals surface area contributed by atoms with E-state index < -0.39 is 0 Å². The van der Waals surface area contributed by atoms with Crippen LogP contribution >= 0.6 is 0 Å². The standard InChI is InChI=1S/C21H16FNO3/c22-16-8-12-19(13-9-16)25-21-14-20(26-23-21)15-6-10-18(11-7-15)24-17-4-2-1-3-5-17/h1-14,20,23H/t20-/m1/s1. The van der Waals surface area contributed by atoms with Crippen molar-refractivity contribution in [3.05, 3.63) is 102 Å². The molecule has 130 valence electrons. The van der Waals surface area contributed by atoms with Gasteiger partial charge in [0.15, 0.2) is 0 Å². The van der Waals surface area contributed by atoms with Crippen LogP contribution in [0.3, 0.4) is 0 Å². The molecule has 4 nitrogen and oxygen atoms in total. The lowest BCUT2D eigenvalue weighted by Crippen LogP contribution is -2.12. The van der Waals surface area contributed by atoms with Gasteiger partial charge in [0.25, 0.3) is 0 Å². The molecule has 0 bridgehead atoms. The molecule has 1 heterocycles. The molecule has 0 radical (unpaired) electrons. The van der Waals surface area contributed by atoms with Crippen LogP contribution in [0.25, 0.3) is 0 Å². The second-order valence-corrected chi connectivity index (χ2v) is 5.71. The number of halogens is 1. The number of para-hydroxylation sites is 1. The van der Waals surface area contributed by atoms with Crippen molar-refractivity contribution in [2.45, 2.75) is 6.10 Å². The van der Waals surface area contributed by atoms with Crippen LogP contribution < -0.4 is 15.0 Å². The molecule has 1 N–H and O–H groups in total. The van der Waals surface area contributed by atoms with Gasteiger partial charge in [-0.3, -0.25) is 4.84 Å². The monoisotopic (exact) mass is 349 g/mol. The zero-order valence-corrected chi connectivity index (χ0v) is 13.8. The van der Waals surface area contributed by atoms with E-state index in [1.807, 2.05) is 60.7 Å². The fourth-order valence-corrected chi connectivity index (χ4v) is 2.53. The third kappa shape index (κ3) is 3.84. The molecule has 0 unspecified atom stereocenters. The lowest BCUT2D eigenvalue weighted by Gasteiger charge is -2.09. The summed E-state index contributed by atoms with van der Waals surface area (Å²) in [6, 6.07) is 23.0. The van der Waals surface area contributed by atoms with Crippen molar-refractivity contribution in [2.24, 2.45) is 0 Å². The van der Waals surface area contributed by atoms with Crippen LogP contribution in [0.2, 0.25) is 0 Å². The van der Waals surface area contributed by atoms with Crippen LogP contribution in [0.15, 0.2) is 90.8 Å². The molecule has 1 atom stereocenters. The maximum Gasteiger partial charge on any atom is 0.216 e. The molecule has 26 heavy (non-hydrogen) atoms. The van der Waals surface area contributed by atoms with E-state index in [9.17, 15) is 4.39 Å². The number of rotatable bonds is 5. The molecular formula is C21H16FNO3. The van der Waals surface area contributed by atoms with E-state index in [1.165, 1.54) is 12.1 Å². The Balaban J connectivity index is 1.41. The highest BCUT2D eigenvalue weighted by Crippen LogP contribution is 2.28. The molecule has 0 saturated carbocycles. The van der Waals surface area contributed by atoms with Crippen LogP contribution in [0.5, 0.6) is 17.2 Å². The van der Waals surface area contributed by atoms with Crippen molar-refractivity contribution < 1.29 is 18.7 Å². The predicted octanol–water partition coefficient (Wildman–Crippen LogP) is 5.11. The quantitative estimate of drug-likeness (QED) is 0.694. The zero-order chi connectivity index (χ0) is 17.8. The highest BCUT2D eigenvalue weighted by Gasteiger charge is 2.20. The smallest absolute Gasteiger partial charge is 0.216 e. The van der Waals surface area contributed by atoms with Crippen molar-refractivity contribution in [1.29, 1.82) is 0 Å². The number of ether oxygens (including phenoxy) is 2. The Morgan fingerprint density at radius 3 is 2.08 bits per heavy atom. The highest BCUT2D eigenvalue weighted by molar-refractivity contribution is 5.35. The summed E-state index contributed by atoms with van der Waals surface area (Å²) >= 11 is 0. The summed E-state index contributed by atoms with van der Waals surface area (Å²) in [5, 5.41) is 0. The molecule has 0 spiro atoms. The van der Waals surface area contributed by atoms with Crippen molar-refractivity contribution in [3.63, 3.8) is 0 Å². The molecule has 5 heteroatoms. The Hall–Kier alpha value is -3.31. The maximum atomic E-state index is 12.9. The van der Waals surface area contributed by atoms with E-state index in [0.717, 1.165) is 17.1 Å². The molecule has 0 fully saturated rings. The topological polar surface area (TPSA) is 39.7 Å². The third-order valence-corrected chi connectivity index (χ3v) is 3.82. The molecule has 0 saturated heterocycles. The number of hydrogen-bond donors (Lipinski definition) is 1. The highest BCUT2D eigenvalue weighted by atomic mass is 19.1. The van der Waals surface area contributed by atoms with E-state index in [1.54, 1.807) is 12.1 Å². The molecule has 3 aromatic rings. The second kappa shape index (κ2) is 7.29. The number of benzene rings is 3. The van der Waals surface area contributed by atoms with Crippen LogP contribution in [0, 0.1) is 5.82 Å². The molecule has 3 aromatic carbocycles. The van der Waals surface area contributed by atoms with Crippen molar-refractivity contribution in [3.8, 4) is 17.2 Å². The second-order valence-electron chi connectivity index (χ2n) is 5.71. The fourth-order valence-electron chi connectivity index (χ4n) is 2.53. The maximum absolute atomic E-state index is 12.9. The van der Waals surface area contributed by atoms with Gasteiger partial charge in [-0.2, -0.15) is 0 Å². The number of nitrogens with one attached hydrogen (secondary N) is 1. The Kier molecular flexibility index (Phi) is 4.53. The average molecular weight is 349 g/mol. The van der Waals surface area contributed by atoms with E-state index in [4.69, 9.17) is 14.3 Å². The molecule has 1 aliphatic rings. The third-order valence-electron chi connectivity index (χ3n) is 3.82. The van der Waals surface area contributed by atoms with Gasteiger partial charge in [0.05, 0.1) is 0 Å². The minimum atomic E-state index is -0.308. The Morgan fingerprint density at radius 2 is 1.35 bits per heavy atom. The zero-order valence-electron chi connectivity index (χ0n) is 13.8. The van der Waals surface area contributed by atoms with Crippen molar-refractivity contribution in [2.75, 3.05) is 0 Å². The summed E-state index contributed by atoms with van der Waals surface area (Å²) in [6.45, 7) is 0. The average Bonchev–Trinajstić information content (AvgIpc) is 3.14. The Labute approximate surface area is 150 Å². The Morgan fingerprint density at radius 1 is 0.731 bits per heavy atom. The van der Waals surface area contributed by atoms with Gasteiger partial charge in [0.2, 0.25) is 5.88 Å². The van der Waals surface area contributed by atoms with Gasteiger partial charge in [-0.1, -0.05) is 30.3 Å². The van der Waals surface area contributed by atoms with Gasteiger partial charge in [0, 0.05) is 6.08 Å². The van der Waals surface area contributed by atoms with Crippen molar-refractivity contribution in [1.82, 2.24) is 5.48 Å². The van der Waals surface area contributed by atoms with E-state index in [-0.39, 0.29) is 11.9 Å². The lowest BCUT2D eigenvalue weighted by molar-refractivity contribution is 0.0273. The molecule has 1 aliphatic heterocycles. The first-order valence-electron chi connectivity index (χ1n) is 8.16. The predicted molar refractivity (Wildman–Crippen MR) is 95.0 cm³/mol. The van der Waals surface area contributed by atoms with E-state index in [2.05, 4.69) is 5.48 Å². The number of hydrogen-bond acceptors (Lipinski definition) is 4. The van der Waals surface area contributed by atoms with Gasteiger partial charge in [-0.25, -0.2) is 9.87 Å². The van der Waals surface area contributed by atoms with E-state index >= 15 is 0 Å². The van der Waals surface area contributed by atoms with E-state index in [0.29, 0.717) is 11.6 Å². The lowest BCUT2D eigenvalue weighted by atomic mass is 10.1. The van der Waals surface area contributed by atoms with Gasteiger partial charge in [-0.15, -0.1) is 0 Å². The first-order chi connectivity index (χ1) is 12.8. The van der Waals surface area contributed by atoms with Crippen molar-refractivity contribution >= 4 is 0 Å². The summed E-state index contributed by atoms with van der Waals surface area (Å²) in [4.78, 5) is 5.52. The first-order valence-corrected chi connectivity index (χ1v) is 8.16. The van der Waals surface area contributed by atoms with Gasteiger partial charge >= 0.3 is 0 Å². The van der Waals surface area contributed by atoms with Gasteiger partial charge in [-0.05, 0) is 54.1 Å². The molecular weight excluding hydrogens is 333 g/mol. The summed E-state index contributed by atoms with van der Waals surface area (Å²) in [6.07, 6.45) is 1.53. The molecule has 0 amide bonds. The van der Waals surface area contributed by atoms with Crippen LogP contribution in [-0.2, 0) is 4.84 Å². The summed E-state index contributed by atoms with van der Waals surface area (Å²) < 4.78 is 24.3. The van der Waals surface area contributed by atoms with Crippen LogP contribution in [0.1, 0.15) is 11.7 Å². The van der Waals surface area contributed by atoms with Crippen LogP contribution in [-0.4, -0.2) is 0 Å². The largest absolute Gasteiger partial charge is 0.457 e. The minimum absolute atomic E-state index is 0.281. The molecule has 0 aliphatic carbocycles. The summed E-state index contributed by atoms with van der Waals surface area (Å²) in [5.41, 5.74) is 3.69. The molecule has 4 rings (SSSR count). The van der Waals surface area contributed by atoms with Gasteiger partial charge < -0.3 is 9.47 Å². The number of hydroxylamine groups is 1. The fraction of sp³-hybridized carbons (Fsp3) is 0.0476. The molecule has 0 aromatic heterocycles. The normalized spacial score (nSPS) is 15.9. The minimum Gasteiger partial charge on any atom is -0.457 e. The SMILES string of the molecule is Fc1ccc(OC2=C[C@H](c3ccc(Oc4ccccc4)cc3)ON2)cc1. The van der Waals surface area contributed by atoms with Crippen LogP contribution in [0.4, 0.5) is 4.39 Å². The Bertz CT molecular complexity index is 893. The summed E-state index contributed by atoms with van der Waals surface area (Å²) in [5.74, 6) is 2.22. The summed E-state index contributed by atoms with van der Waals surface area (Å²) in [7, 11) is 0.